The molecule has 0 rings (SSSR count). The Balaban J connectivity index is 4.35. The molecule has 5 heteroatoms. The van der Waals surface area contributed by atoms with Crippen molar-refractivity contribution in [2.45, 2.75) is 39.8 Å². The zero-order chi connectivity index (χ0) is 9.23. The van der Waals surface area contributed by atoms with Crippen molar-refractivity contribution < 1.29 is 12.3 Å². The molecule has 0 N–H and O–H groups in total. The summed E-state index contributed by atoms with van der Waals surface area (Å²) in [5.41, 5.74) is 0. The largest absolute Gasteiger partial charge is 0.719 e. The fourth-order valence-corrected chi connectivity index (χ4v) is 2.35. The highest BCUT2D eigenvalue weighted by atomic mass is 28.5. The van der Waals surface area contributed by atoms with Gasteiger partial charge in [-0.2, -0.15) is 0 Å². The summed E-state index contributed by atoms with van der Waals surface area (Å²) in [7, 11) is -5.58. The molecule has 0 aromatic heterocycles. The second kappa shape index (κ2) is 3.58. The first-order valence-corrected chi connectivity index (χ1v) is 5.20. The van der Waals surface area contributed by atoms with Gasteiger partial charge in [-0.1, -0.05) is 27.7 Å². The summed E-state index contributed by atoms with van der Waals surface area (Å²) in [5.74, 6) is 0. The molecule has 0 aliphatic rings. The molecule has 0 saturated carbocycles. The van der Waals surface area contributed by atoms with Crippen LogP contribution in [0.1, 0.15) is 27.7 Å². The Hall–Kier alpha value is -0.0331. The first-order chi connectivity index (χ1) is 4.76. The number of hydrogen-bond donors (Lipinski definition) is 0. The first kappa shape index (κ1) is 11.0. The van der Waals surface area contributed by atoms with Gasteiger partial charge in [0.2, 0.25) is 0 Å². The SMILES string of the molecule is CC(C)N(C(C)C)[Si](F)(F)F. The number of hydrogen-bond acceptors (Lipinski definition) is 1. The van der Waals surface area contributed by atoms with Crippen LogP contribution in [-0.4, -0.2) is 25.9 Å². The van der Waals surface area contributed by atoms with Crippen molar-refractivity contribution in [2.75, 3.05) is 0 Å². The van der Waals surface area contributed by atoms with Gasteiger partial charge in [0.15, 0.2) is 0 Å². The lowest BCUT2D eigenvalue weighted by atomic mass is 10.3. The maximum Gasteiger partial charge on any atom is 0.719 e. The van der Waals surface area contributed by atoms with Crippen molar-refractivity contribution in [3.8, 4) is 0 Å². The summed E-state index contributed by atoms with van der Waals surface area (Å²) in [5, 5.41) is 0. The molecule has 0 unspecified atom stereocenters. The maximum absolute atomic E-state index is 12.3. The third-order valence-corrected chi connectivity index (χ3v) is 3.02. The van der Waals surface area contributed by atoms with E-state index in [1.165, 1.54) is 0 Å². The minimum absolute atomic E-state index is 0.429. The van der Waals surface area contributed by atoms with Gasteiger partial charge < -0.3 is 0 Å². The Labute approximate surface area is 66.8 Å². The van der Waals surface area contributed by atoms with Crippen LogP contribution in [0.5, 0.6) is 0 Å². The van der Waals surface area contributed by atoms with Gasteiger partial charge in [-0.05, 0) is 0 Å². The lowest BCUT2D eigenvalue weighted by Crippen LogP contribution is -2.51. The Kier molecular flexibility index (Phi) is 3.57. The molecule has 68 valence electrons. The standard InChI is InChI=1S/C6H14F3NSi/c1-5(2)10(6(3)4)11(7,8)9/h5-6H,1-4H3. The van der Waals surface area contributed by atoms with Crippen molar-refractivity contribution in [1.82, 2.24) is 4.57 Å². The van der Waals surface area contributed by atoms with E-state index in [1.54, 1.807) is 27.7 Å². The fraction of sp³-hybridized carbons (Fsp3) is 1.00. The van der Waals surface area contributed by atoms with Gasteiger partial charge in [0.1, 0.15) is 0 Å². The predicted molar refractivity (Wildman–Crippen MR) is 41.2 cm³/mol. The van der Waals surface area contributed by atoms with Crippen molar-refractivity contribution in [3.63, 3.8) is 0 Å². The van der Waals surface area contributed by atoms with E-state index in [-0.39, 0.29) is 0 Å². The van der Waals surface area contributed by atoms with E-state index in [2.05, 4.69) is 0 Å². The summed E-state index contributed by atoms with van der Waals surface area (Å²) in [6.45, 7) is 6.28. The van der Waals surface area contributed by atoms with Crippen LogP contribution in [0.4, 0.5) is 12.3 Å². The molecular weight excluding hydrogens is 171 g/mol. The highest BCUT2D eigenvalue weighted by Crippen LogP contribution is 2.21. The number of halogens is 3. The van der Waals surface area contributed by atoms with Crippen molar-refractivity contribution in [2.24, 2.45) is 0 Å². The van der Waals surface area contributed by atoms with Gasteiger partial charge >= 0.3 is 9.24 Å². The van der Waals surface area contributed by atoms with E-state index in [4.69, 9.17) is 0 Å². The Morgan fingerprint density at radius 1 is 0.909 bits per heavy atom. The molecule has 11 heavy (non-hydrogen) atoms. The third kappa shape index (κ3) is 3.24. The van der Waals surface area contributed by atoms with Crippen LogP contribution in [0.3, 0.4) is 0 Å². The second-order valence-electron chi connectivity index (χ2n) is 3.06. The molecule has 0 radical (unpaired) electrons. The van der Waals surface area contributed by atoms with E-state index in [1.807, 2.05) is 0 Å². The molecule has 0 saturated heterocycles. The van der Waals surface area contributed by atoms with Gasteiger partial charge in [-0.3, -0.25) is 0 Å². The van der Waals surface area contributed by atoms with Crippen molar-refractivity contribution in [3.05, 3.63) is 0 Å². The Bertz CT molecular complexity index is 113. The minimum Gasteiger partial charge on any atom is -0.241 e. The van der Waals surface area contributed by atoms with E-state index in [9.17, 15) is 12.3 Å². The minimum atomic E-state index is -5.58. The summed E-state index contributed by atoms with van der Waals surface area (Å²) in [6.07, 6.45) is 0. The molecule has 0 heterocycles. The molecule has 0 spiro atoms. The van der Waals surface area contributed by atoms with Crippen LogP contribution in [-0.2, 0) is 0 Å². The topological polar surface area (TPSA) is 3.24 Å². The molecule has 1 nitrogen and oxygen atoms in total. The van der Waals surface area contributed by atoms with E-state index in [0.29, 0.717) is 4.57 Å². The third-order valence-electron chi connectivity index (χ3n) is 1.41. The van der Waals surface area contributed by atoms with E-state index < -0.39 is 21.3 Å². The summed E-state index contributed by atoms with van der Waals surface area (Å²) < 4.78 is 37.5. The van der Waals surface area contributed by atoms with E-state index >= 15 is 0 Å². The zero-order valence-corrected chi connectivity index (χ0v) is 8.24. The molecule has 0 bridgehead atoms. The quantitative estimate of drug-likeness (QED) is 0.482. The summed E-state index contributed by atoms with van der Waals surface area (Å²) in [4.78, 5) is 0. The van der Waals surface area contributed by atoms with Crippen LogP contribution in [0.15, 0.2) is 0 Å². The predicted octanol–water partition coefficient (Wildman–Crippen LogP) is 2.45. The molecule has 0 aromatic carbocycles. The second-order valence-corrected chi connectivity index (χ2v) is 4.51. The normalized spacial score (nSPS) is 13.6. The summed E-state index contributed by atoms with van der Waals surface area (Å²) >= 11 is 0. The molecule has 0 aliphatic carbocycles. The van der Waals surface area contributed by atoms with Gasteiger partial charge in [-0.25, -0.2) is 16.9 Å². The van der Waals surface area contributed by atoms with Crippen LogP contribution in [0.2, 0.25) is 0 Å². The van der Waals surface area contributed by atoms with Gasteiger partial charge in [0, 0.05) is 12.1 Å². The average molecular weight is 185 g/mol. The average Bonchev–Trinajstić information content (AvgIpc) is 1.54. The van der Waals surface area contributed by atoms with Crippen LogP contribution in [0, 0.1) is 0 Å². The van der Waals surface area contributed by atoms with Crippen molar-refractivity contribution in [1.29, 1.82) is 0 Å². The van der Waals surface area contributed by atoms with Crippen LogP contribution >= 0.6 is 0 Å². The van der Waals surface area contributed by atoms with Gasteiger partial charge in [0.05, 0.1) is 0 Å². The monoisotopic (exact) mass is 185 g/mol. The number of rotatable bonds is 3. The maximum atomic E-state index is 12.3. The molecular formula is C6H14F3NSi. The van der Waals surface area contributed by atoms with Crippen LogP contribution < -0.4 is 0 Å². The molecule has 0 aliphatic heterocycles. The lowest BCUT2D eigenvalue weighted by molar-refractivity contribution is 0.199. The zero-order valence-electron chi connectivity index (χ0n) is 7.24. The number of nitrogens with zero attached hydrogens (tertiary/aromatic N) is 1. The fourth-order valence-electron chi connectivity index (χ4n) is 1.18. The van der Waals surface area contributed by atoms with Crippen LogP contribution in [0.25, 0.3) is 0 Å². The highest BCUT2D eigenvalue weighted by Gasteiger charge is 2.48. The van der Waals surface area contributed by atoms with Gasteiger partial charge in [-0.15, -0.1) is 0 Å². The summed E-state index contributed by atoms with van der Waals surface area (Å²) in [6, 6.07) is -0.858. The molecule has 0 aromatic rings. The molecule has 0 amide bonds. The molecule has 0 atom stereocenters. The Morgan fingerprint density at radius 2 is 1.18 bits per heavy atom. The lowest BCUT2D eigenvalue weighted by Gasteiger charge is -2.29. The van der Waals surface area contributed by atoms with Gasteiger partial charge in [0.25, 0.3) is 0 Å². The van der Waals surface area contributed by atoms with E-state index in [0.717, 1.165) is 0 Å². The molecule has 0 fully saturated rings. The first-order valence-electron chi connectivity index (χ1n) is 3.62. The smallest absolute Gasteiger partial charge is 0.241 e. The van der Waals surface area contributed by atoms with Crippen molar-refractivity contribution >= 4 is 9.24 Å². The Morgan fingerprint density at radius 3 is 1.18 bits per heavy atom. The highest BCUT2D eigenvalue weighted by molar-refractivity contribution is 6.55.